The summed E-state index contributed by atoms with van der Waals surface area (Å²) in [5.74, 6) is 3.42. The lowest BCUT2D eigenvalue weighted by Crippen LogP contribution is -2.49. The van der Waals surface area contributed by atoms with Crippen LogP contribution < -0.4 is 0 Å². The number of hydrogen-bond acceptors (Lipinski definition) is 21. The molecule has 2 aliphatic carbocycles. The topological polar surface area (TPSA) is 83.1 Å². The van der Waals surface area contributed by atoms with Crippen molar-refractivity contribution in [2.45, 2.75) is 104 Å². The zero-order valence-corrected chi connectivity index (χ0v) is 46.8. The summed E-state index contributed by atoms with van der Waals surface area (Å²) in [5.41, 5.74) is 0. The van der Waals surface area contributed by atoms with Crippen molar-refractivity contribution in [1.29, 1.82) is 0 Å². The second-order valence-corrected chi connectivity index (χ2v) is 40.5. The minimum absolute atomic E-state index is 0.0585. The van der Waals surface area contributed by atoms with Crippen LogP contribution in [-0.2, 0) is 39.8 Å². The first-order valence-corrected chi connectivity index (χ1v) is 40.1. The lowest BCUT2D eigenvalue weighted by atomic mass is 9.87. The van der Waals surface area contributed by atoms with Gasteiger partial charge in [-0.1, -0.05) is 78.1 Å². The van der Waals surface area contributed by atoms with Crippen LogP contribution in [0.1, 0.15) is 94.4 Å². The average Bonchev–Trinajstić information content (AvgIpc) is 3.79. The molecule has 2 fully saturated rings. The van der Waals surface area contributed by atoms with Crippen molar-refractivity contribution >= 4 is 150 Å². The van der Waals surface area contributed by atoms with Crippen molar-refractivity contribution < 1.29 is 39.8 Å². The van der Waals surface area contributed by atoms with Crippen LogP contribution in [0.25, 0.3) is 0 Å². The first-order valence-electron chi connectivity index (χ1n) is 19.4. The van der Waals surface area contributed by atoms with Crippen LogP contribution in [0.15, 0.2) is 0 Å². The van der Waals surface area contributed by atoms with Crippen LogP contribution in [0.2, 0.25) is 6.04 Å². The van der Waals surface area contributed by atoms with E-state index in [-0.39, 0.29) is 3.41 Å². The van der Waals surface area contributed by atoms with E-state index in [1.54, 1.807) is 21.6 Å². The molecular weight excluding hydrogens is 985 g/mol. The molecular formula is C31H66O9S12Si3. The Kier molecular flexibility index (Phi) is 33.4. The van der Waals surface area contributed by atoms with E-state index in [0.717, 1.165) is 40.3 Å². The van der Waals surface area contributed by atoms with Crippen molar-refractivity contribution in [3.05, 3.63) is 0 Å². The van der Waals surface area contributed by atoms with Crippen molar-refractivity contribution in [2.24, 2.45) is 17.8 Å². The van der Waals surface area contributed by atoms with Crippen molar-refractivity contribution in [1.82, 2.24) is 0 Å². The molecule has 3 unspecified atom stereocenters. The maximum Gasteiger partial charge on any atom is 0.512 e. The van der Waals surface area contributed by atoms with E-state index < -0.39 is 26.4 Å². The molecule has 328 valence electrons. The number of hydrogen-bond donors (Lipinski definition) is 0. The van der Waals surface area contributed by atoms with Crippen LogP contribution in [0.5, 0.6) is 0 Å². The van der Waals surface area contributed by atoms with Crippen LogP contribution in [-0.4, -0.2) is 106 Å². The Labute approximate surface area is 383 Å². The van der Waals surface area contributed by atoms with Gasteiger partial charge in [-0.15, -0.1) is 0 Å². The van der Waals surface area contributed by atoms with Gasteiger partial charge in [0.25, 0.3) is 0 Å². The fourth-order valence-corrected chi connectivity index (χ4v) is 44.2. The second-order valence-electron chi connectivity index (χ2n) is 12.0. The third-order valence-electron chi connectivity index (χ3n) is 8.41. The first-order chi connectivity index (χ1) is 26.7. The second kappa shape index (κ2) is 33.0. The molecule has 0 spiro atoms. The van der Waals surface area contributed by atoms with Gasteiger partial charge in [0.15, 0.2) is 0 Å². The highest BCUT2D eigenvalue weighted by atomic mass is 33.7. The zero-order valence-electron chi connectivity index (χ0n) is 34.0. The SMILES string of the molecule is CCO[Si](CC)(OCC)OCCSSSSC(CC1CC2CCC1C2)(SSSSC[Si](OCC)(OCC)OCC)SSSSC[Si](OCC)(OCC)OCC. The summed E-state index contributed by atoms with van der Waals surface area (Å²) in [4.78, 5) is 0. The average molecular weight is 1050 g/mol. The molecule has 0 N–H and O–H groups in total. The van der Waals surface area contributed by atoms with E-state index in [1.807, 2.05) is 158 Å². The van der Waals surface area contributed by atoms with Crippen LogP contribution in [0, 0.1) is 17.8 Å². The highest BCUT2D eigenvalue weighted by Gasteiger charge is 2.47. The predicted octanol–water partition coefficient (Wildman–Crippen LogP) is 13.7. The summed E-state index contributed by atoms with van der Waals surface area (Å²) in [5, 5.41) is 1.45. The van der Waals surface area contributed by atoms with Gasteiger partial charge in [-0.3, -0.25) is 0 Å². The molecule has 0 aromatic heterocycles. The normalized spacial score (nSPS) is 19.3. The fourth-order valence-electron chi connectivity index (χ4n) is 6.50. The Bertz CT molecular complexity index is 893. The van der Waals surface area contributed by atoms with Gasteiger partial charge in [0.2, 0.25) is 0 Å². The van der Waals surface area contributed by atoms with E-state index >= 15 is 0 Å². The van der Waals surface area contributed by atoms with Crippen LogP contribution in [0.3, 0.4) is 0 Å². The minimum Gasteiger partial charge on any atom is -0.374 e. The van der Waals surface area contributed by atoms with E-state index in [1.165, 1.54) is 32.1 Å². The molecule has 0 aromatic rings. The Hall–Kier alpha value is 4.49. The van der Waals surface area contributed by atoms with Gasteiger partial charge in [0.05, 0.1) is 10.8 Å². The Morgan fingerprint density at radius 3 is 1.25 bits per heavy atom. The van der Waals surface area contributed by atoms with Crippen molar-refractivity contribution in [3.63, 3.8) is 0 Å². The van der Waals surface area contributed by atoms with Crippen LogP contribution in [0.4, 0.5) is 0 Å². The molecule has 0 aliphatic heterocycles. The largest absolute Gasteiger partial charge is 0.512 e. The number of fused-ring (bicyclic) bond motifs is 2. The third kappa shape index (κ3) is 21.4. The predicted molar refractivity (Wildman–Crippen MR) is 269 cm³/mol. The molecule has 55 heavy (non-hydrogen) atoms. The summed E-state index contributed by atoms with van der Waals surface area (Å²) in [7, 11) is 14.7. The molecule has 2 aliphatic rings. The highest BCUT2D eigenvalue weighted by Crippen LogP contribution is 2.70. The molecule has 9 nitrogen and oxygen atoms in total. The molecule has 2 rings (SSSR count). The molecule has 0 heterocycles. The van der Waals surface area contributed by atoms with Gasteiger partial charge in [0, 0.05) is 71.3 Å². The van der Waals surface area contributed by atoms with Gasteiger partial charge >= 0.3 is 26.4 Å². The molecule has 0 aromatic carbocycles. The lowest BCUT2D eigenvalue weighted by Gasteiger charge is -2.34. The summed E-state index contributed by atoms with van der Waals surface area (Å²) in [6.07, 6.45) is 6.78. The Balaban J connectivity index is 2.14. The van der Waals surface area contributed by atoms with Gasteiger partial charge in [0.1, 0.15) is 3.41 Å². The third-order valence-corrected chi connectivity index (χ3v) is 42.8. The molecule has 3 atom stereocenters. The standard InChI is InChI=1S/C31H66O9S12Si3/c1-10-32-53(18-9,33-11-2)40-21-22-41-47-50-44-31(25-30-24-28-19-20-29(30)23-28,45-51-48-42-26-54(34-12-3,35-13-4)36-14-5)46-52-49-43-27-55(37-15-6,38-16-7)39-17-8/h28-30H,10-27H2,1-9H3. The lowest BCUT2D eigenvalue weighted by molar-refractivity contribution is 0.0731. The maximum atomic E-state index is 6.29. The van der Waals surface area contributed by atoms with E-state index in [9.17, 15) is 0 Å². The van der Waals surface area contributed by atoms with Gasteiger partial charge in [-0.2, -0.15) is 0 Å². The van der Waals surface area contributed by atoms with Crippen LogP contribution >= 0.6 is 124 Å². The minimum atomic E-state index is -2.72. The highest BCUT2D eigenvalue weighted by molar-refractivity contribution is 9.32. The van der Waals surface area contributed by atoms with Gasteiger partial charge in [-0.25, -0.2) is 0 Å². The first kappa shape index (κ1) is 55.6. The maximum absolute atomic E-state index is 6.29. The molecule has 24 heteroatoms. The molecule has 0 radical (unpaired) electrons. The monoisotopic (exact) mass is 1050 g/mol. The fraction of sp³-hybridized carbons (Fsp3) is 1.00. The van der Waals surface area contributed by atoms with Gasteiger partial charge in [-0.05, 0) is 158 Å². The van der Waals surface area contributed by atoms with E-state index in [4.69, 9.17) is 39.8 Å². The summed E-state index contributed by atoms with van der Waals surface area (Å²) >= 11 is 0. The molecule has 2 saturated carbocycles. The summed E-state index contributed by atoms with van der Waals surface area (Å²) < 4.78 is 55.1. The Morgan fingerprint density at radius 1 is 0.473 bits per heavy atom. The molecule has 0 amide bonds. The van der Waals surface area contributed by atoms with Crippen molar-refractivity contribution in [2.75, 3.05) is 76.0 Å². The molecule has 2 bridgehead atoms. The Morgan fingerprint density at radius 2 is 0.891 bits per heavy atom. The summed E-state index contributed by atoms with van der Waals surface area (Å²) in [6.45, 7) is 23.6. The molecule has 0 saturated heterocycles. The smallest absolute Gasteiger partial charge is 0.374 e. The quantitative estimate of drug-likeness (QED) is 0.0253. The number of rotatable bonds is 39. The zero-order chi connectivity index (χ0) is 40.3. The van der Waals surface area contributed by atoms with E-state index in [0.29, 0.717) is 59.5 Å². The van der Waals surface area contributed by atoms with Gasteiger partial charge < -0.3 is 39.8 Å². The summed E-state index contributed by atoms with van der Waals surface area (Å²) in [6, 6.07) is 0.789. The van der Waals surface area contributed by atoms with E-state index in [2.05, 4.69) is 6.92 Å². The van der Waals surface area contributed by atoms with Crippen molar-refractivity contribution in [3.8, 4) is 0 Å².